The Morgan fingerprint density at radius 3 is 2.33 bits per heavy atom. The maximum absolute atomic E-state index is 12.8. The Hall–Kier alpha value is -3.42. The summed E-state index contributed by atoms with van der Waals surface area (Å²) in [6.45, 7) is 0. The van der Waals surface area contributed by atoms with Gasteiger partial charge in [0.15, 0.2) is 0 Å². The van der Waals surface area contributed by atoms with E-state index in [4.69, 9.17) is 21.1 Å². The highest BCUT2D eigenvalue weighted by molar-refractivity contribution is 6.33. The number of H-pyrrole nitrogens is 1. The number of nitrogens with zero attached hydrogens (tertiary/aromatic N) is 2. The first-order valence-corrected chi connectivity index (χ1v) is 10.3. The first kappa shape index (κ1) is 24.2. The highest BCUT2D eigenvalue weighted by atomic mass is 35.5. The van der Waals surface area contributed by atoms with E-state index in [1.165, 1.54) is 14.2 Å². The molecule has 4 rings (SSSR count). The summed E-state index contributed by atoms with van der Waals surface area (Å²) in [6, 6.07) is 16.3. The Kier molecular flexibility index (Phi) is 7.36. The van der Waals surface area contributed by atoms with Crippen LogP contribution in [0.3, 0.4) is 0 Å². The number of benzene rings is 3. The van der Waals surface area contributed by atoms with E-state index in [1.807, 2.05) is 37.2 Å². The summed E-state index contributed by atoms with van der Waals surface area (Å²) in [5, 5.41) is 3.42. The first-order chi connectivity index (χ1) is 15.4. The molecule has 1 amide bonds. The van der Waals surface area contributed by atoms with Crippen LogP contribution < -0.4 is 19.7 Å². The number of hydrogen-bond acceptors (Lipinski definition) is 5. The molecular formula is C24H24Cl2N4O3. The number of nitrogens with one attached hydrogen (secondary N) is 2. The number of fused-ring (bicyclic) bond motifs is 1. The van der Waals surface area contributed by atoms with E-state index < -0.39 is 0 Å². The molecule has 7 nitrogen and oxygen atoms in total. The minimum absolute atomic E-state index is 0. The van der Waals surface area contributed by atoms with Gasteiger partial charge >= 0.3 is 0 Å². The van der Waals surface area contributed by atoms with Gasteiger partial charge in [-0.15, -0.1) is 12.4 Å². The van der Waals surface area contributed by atoms with Crippen LogP contribution in [0.4, 0.5) is 11.4 Å². The van der Waals surface area contributed by atoms with E-state index in [2.05, 4.69) is 15.3 Å². The minimum Gasteiger partial charge on any atom is -0.497 e. The number of imidazole rings is 1. The standard InChI is InChI=1S/C24H23ClN4O3.ClH/c1-29(2)16-6-8-21-22(12-16)28-23(27-21)19-11-15(5-7-20(19)25)26-24(30)14-9-17(31-3)13-18(10-14)32-4;/h5-13H,1-4H3,(H,26,30)(H,27,28);1H. The van der Waals surface area contributed by atoms with Crippen molar-refractivity contribution in [2.75, 3.05) is 38.5 Å². The quantitative estimate of drug-likeness (QED) is 0.368. The van der Waals surface area contributed by atoms with Gasteiger partial charge in [0.1, 0.15) is 17.3 Å². The third kappa shape index (κ3) is 5.16. The maximum Gasteiger partial charge on any atom is 0.255 e. The highest BCUT2D eigenvalue weighted by Gasteiger charge is 2.14. The van der Waals surface area contributed by atoms with Gasteiger partial charge in [-0.25, -0.2) is 4.98 Å². The van der Waals surface area contributed by atoms with Crippen molar-refractivity contribution in [3.8, 4) is 22.9 Å². The van der Waals surface area contributed by atoms with Crippen molar-refractivity contribution in [2.45, 2.75) is 0 Å². The number of hydrogen-bond donors (Lipinski definition) is 2. The molecule has 0 atom stereocenters. The Bertz CT molecular complexity index is 1280. The van der Waals surface area contributed by atoms with Crippen molar-refractivity contribution >= 4 is 52.3 Å². The Morgan fingerprint density at radius 2 is 1.70 bits per heavy atom. The van der Waals surface area contributed by atoms with Gasteiger partial charge in [0.05, 0.1) is 30.3 Å². The van der Waals surface area contributed by atoms with Crippen LogP contribution in [0.15, 0.2) is 54.6 Å². The van der Waals surface area contributed by atoms with Gasteiger partial charge in [0.2, 0.25) is 0 Å². The van der Waals surface area contributed by atoms with Crippen molar-refractivity contribution in [1.29, 1.82) is 0 Å². The molecule has 0 radical (unpaired) electrons. The lowest BCUT2D eigenvalue weighted by Crippen LogP contribution is -2.12. The van der Waals surface area contributed by atoms with E-state index in [0.29, 0.717) is 39.2 Å². The van der Waals surface area contributed by atoms with Crippen molar-refractivity contribution in [3.05, 3.63) is 65.2 Å². The lowest BCUT2D eigenvalue weighted by molar-refractivity contribution is 0.102. The number of ether oxygens (including phenoxy) is 2. The van der Waals surface area contributed by atoms with Gasteiger partial charge in [-0.3, -0.25) is 4.79 Å². The van der Waals surface area contributed by atoms with Crippen LogP contribution in [-0.4, -0.2) is 44.2 Å². The second-order valence-electron chi connectivity index (χ2n) is 7.43. The number of amides is 1. The molecule has 33 heavy (non-hydrogen) atoms. The predicted molar refractivity (Wildman–Crippen MR) is 136 cm³/mol. The number of aromatic nitrogens is 2. The molecule has 0 unspecified atom stereocenters. The van der Waals surface area contributed by atoms with Gasteiger partial charge in [-0.1, -0.05) is 11.6 Å². The van der Waals surface area contributed by atoms with Crippen LogP contribution in [0.25, 0.3) is 22.4 Å². The van der Waals surface area contributed by atoms with Crippen LogP contribution in [0.1, 0.15) is 10.4 Å². The first-order valence-electron chi connectivity index (χ1n) is 9.89. The molecule has 1 aromatic heterocycles. The molecule has 3 aromatic carbocycles. The van der Waals surface area contributed by atoms with Crippen LogP contribution in [0, 0.1) is 0 Å². The van der Waals surface area contributed by atoms with Crippen LogP contribution in [-0.2, 0) is 0 Å². The maximum atomic E-state index is 12.8. The van der Waals surface area contributed by atoms with E-state index in [0.717, 1.165) is 16.7 Å². The third-order valence-electron chi connectivity index (χ3n) is 5.07. The molecule has 0 aliphatic rings. The zero-order chi connectivity index (χ0) is 22.8. The molecule has 1 heterocycles. The van der Waals surface area contributed by atoms with Crippen LogP contribution in [0.5, 0.6) is 11.5 Å². The van der Waals surface area contributed by atoms with E-state index in [-0.39, 0.29) is 18.3 Å². The van der Waals surface area contributed by atoms with Gasteiger partial charge in [-0.05, 0) is 48.5 Å². The average Bonchev–Trinajstić information content (AvgIpc) is 3.22. The van der Waals surface area contributed by atoms with E-state index in [9.17, 15) is 4.79 Å². The molecular weight excluding hydrogens is 463 g/mol. The number of carbonyl (C=O) groups is 1. The van der Waals surface area contributed by atoms with Crippen LogP contribution >= 0.6 is 24.0 Å². The summed E-state index contributed by atoms with van der Waals surface area (Å²) < 4.78 is 10.5. The number of halogens is 2. The van der Waals surface area contributed by atoms with E-state index >= 15 is 0 Å². The number of carbonyl (C=O) groups excluding carboxylic acids is 1. The summed E-state index contributed by atoms with van der Waals surface area (Å²) in [5.74, 6) is 1.40. The number of rotatable bonds is 6. The molecule has 0 bridgehead atoms. The lowest BCUT2D eigenvalue weighted by atomic mass is 10.1. The molecule has 0 saturated carbocycles. The SMILES string of the molecule is COc1cc(OC)cc(C(=O)Nc2ccc(Cl)c(-c3nc4ccc(N(C)C)cc4[nH]3)c2)c1.Cl. The fourth-order valence-electron chi connectivity index (χ4n) is 3.33. The fourth-order valence-corrected chi connectivity index (χ4v) is 3.54. The highest BCUT2D eigenvalue weighted by Crippen LogP contribution is 2.31. The summed E-state index contributed by atoms with van der Waals surface area (Å²) in [5.41, 5.74) is 4.49. The normalized spacial score (nSPS) is 10.5. The summed E-state index contributed by atoms with van der Waals surface area (Å²) >= 11 is 6.46. The Labute approximate surface area is 203 Å². The third-order valence-corrected chi connectivity index (χ3v) is 5.40. The second kappa shape index (κ2) is 10.0. The van der Waals surface area contributed by atoms with Crippen molar-refractivity contribution in [1.82, 2.24) is 9.97 Å². The number of aromatic amines is 1. The van der Waals surface area contributed by atoms with Crippen molar-refractivity contribution in [3.63, 3.8) is 0 Å². The molecule has 0 fully saturated rings. The topological polar surface area (TPSA) is 79.5 Å². The van der Waals surface area contributed by atoms with Gasteiger partial charge in [-0.2, -0.15) is 0 Å². The summed E-state index contributed by atoms with van der Waals surface area (Å²) in [4.78, 5) is 22.9. The zero-order valence-electron chi connectivity index (χ0n) is 18.6. The Balaban J connectivity index is 0.00000306. The van der Waals surface area contributed by atoms with Crippen LogP contribution in [0.2, 0.25) is 5.02 Å². The van der Waals surface area contributed by atoms with Gasteiger partial charge < -0.3 is 24.7 Å². The van der Waals surface area contributed by atoms with Gasteiger partial charge in [0, 0.05) is 42.7 Å². The molecule has 9 heteroatoms. The largest absolute Gasteiger partial charge is 0.497 e. The zero-order valence-corrected chi connectivity index (χ0v) is 20.2. The smallest absolute Gasteiger partial charge is 0.255 e. The molecule has 172 valence electrons. The Morgan fingerprint density at radius 1 is 1.00 bits per heavy atom. The monoisotopic (exact) mass is 486 g/mol. The summed E-state index contributed by atoms with van der Waals surface area (Å²) in [6.07, 6.45) is 0. The van der Waals surface area contributed by atoms with Crippen molar-refractivity contribution in [2.24, 2.45) is 0 Å². The lowest BCUT2D eigenvalue weighted by Gasteiger charge is -2.11. The number of anilines is 2. The molecule has 0 aliphatic heterocycles. The van der Waals surface area contributed by atoms with E-state index in [1.54, 1.807) is 36.4 Å². The predicted octanol–water partition coefficient (Wildman–Crippen LogP) is 5.64. The minimum atomic E-state index is -0.296. The van der Waals surface area contributed by atoms with Gasteiger partial charge in [0.25, 0.3) is 5.91 Å². The molecule has 4 aromatic rings. The molecule has 0 spiro atoms. The fraction of sp³-hybridized carbons (Fsp3) is 0.167. The molecule has 2 N–H and O–H groups in total. The number of methoxy groups -OCH3 is 2. The second-order valence-corrected chi connectivity index (χ2v) is 7.84. The molecule has 0 aliphatic carbocycles. The van der Waals surface area contributed by atoms with Crippen molar-refractivity contribution < 1.29 is 14.3 Å². The molecule has 0 saturated heterocycles. The summed E-state index contributed by atoms with van der Waals surface area (Å²) in [7, 11) is 7.05. The average molecular weight is 487 g/mol.